The van der Waals surface area contributed by atoms with Gasteiger partial charge in [0.1, 0.15) is 0 Å². The summed E-state index contributed by atoms with van der Waals surface area (Å²) < 4.78 is 38.4. The molecule has 1 unspecified atom stereocenters. The van der Waals surface area contributed by atoms with Crippen molar-refractivity contribution in [1.82, 2.24) is 4.90 Å². The summed E-state index contributed by atoms with van der Waals surface area (Å²) in [5.74, 6) is 0.294. The molecule has 0 bridgehead atoms. The lowest BCUT2D eigenvalue weighted by molar-refractivity contribution is -0.137. The van der Waals surface area contributed by atoms with E-state index in [1.165, 1.54) is 11.0 Å². The van der Waals surface area contributed by atoms with Gasteiger partial charge < -0.3 is 10.2 Å². The monoisotopic (exact) mass is 320 g/mol. The maximum Gasteiger partial charge on any atom is 0.416 e. The van der Waals surface area contributed by atoms with Crippen LogP contribution in [-0.4, -0.2) is 43.0 Å². The second kappa shape index (κ2) is 7.06. The Morgan fingerprint density at radius 3 is 2.52 bits per heavy atom. The molecule has 0 saturated carbocycles. The second-order valence-electron chi connectivity index (χ2n) is 4.73. The van der Waals surface area contributed by atoms with Gasteiger partial charge in [-0.3, -0.25) is 4.79 Å². The SMILES string of the molecule is CNc1ccc(C(F)(F)F)cc1C(=O)N(C)C(C)CSC. The number of nitrogens with one attached hydrogen (secondary N) is 1. The van der Waals surface area contributed by atoms with Crippen LogP contribution in [0.25, 0.3) is 0 Å². The Hall–Kier alpha value is -1.37. The van der Waals surface area contributed by atoms with E-state index in [9.17, 15) is 18.0 Å². The maximum absolute atomic E-state index is 12.8. The smallest absolute Gasteiger partial charge is 0.387 e. The molecule has 1 atom stereocenters. The molecule has 0 saturated heterocycles. The predicted molar refractivity (Wildman–Crippen MR) is 80.9 cm³/mol. The summed E-state index contributed by atoms with van der Waals surface area (Å²) in [5, 5.41) is 2.76. The van der Waals surface area contributed by atoms with Gasteiger partial charge in [0.25, 0.3) is 5.91 Å². The van der Waals surface area contributed by atoms with Crippen LogP contribution in [-0.2, 0) is 6.18 Å². The van der Waals surface area contributed by atoms with Crippen molar-refractivity contribution in [3.63, 3.8) is 0 Å². The van der Waals surface area contributed by atoms with Gasteiger partial charge in [-0.25, -0.2) is 0 Å². The summed E-state index contributed by atoms with van der Waals surface area (Å²) in [6.07, 6.45) is -2.55. The van der Waals surface area contributed by atoms with E-state index in [1.807, 2.05) is 13.2 Å². The molecule has 0 aliphatic rings. The Bertz CT molecular complexity index is 505. The molecule has 0 aromatic heterocycles. The largest absolute Gasteiger partial charge is 0.416 e. The van der Waals surface area contributed by atoms with Crippen molar-refractivity contribution in [2.75, 3.05) is 31.4 Å². The van der Waals surface area contributed by atoms with E-state index in [0.29, 0.717) is 5.69 Å². The first-order chi connectivity index (χ1) is 9.72. The van der Waals surface area contributed by atoms with E-state index < -0.39 is 17.6 Å². The fourth-order valence-electron chi connectivity index (χ4n) is 1.86. The van der Waals surface area contributed by atoms with Crippen LogP contribution in [0.3, 0.4) is 0 Å². The highest BCUT2D eigenvalue weighted by molar-refractivity contribution is 7.98. The van der Waals surface area contributed by atoms with Gasteiger partial charge in [0.15, 0.2) is 0 Å². The molecule has 1 aromatic rings. The lowest BCUT2D eigenvalue weighted by atomic mass is 10.1. The number of alkyl halides is 3. The number of thioether (sulfide) groups is 1. The number of benzene rings is 1. The Balaban J connectivity index is 3.17. The first-order valence-corrected chi connectivity index (χ1v) is 7.76. The summed E-state index contributed by atoms with van der Waals surface area (Å²) in [5.41, 5.74) is -0.408. The first kappa shape index (κ1) is 17.7. The molecule has 3 nitrogen and oxygen atoms in total. The van der Waals surface area contributed by atoms with Gasteiger partial charge in [0.2, 0.25) is 0 Å². The van der Waals surface area contributed by atoms with Crippen molar-refractivity contribution in [1.29, 1.82) is 0 Å². The number of carbonyl (C=O) groups is 1. The third-order valence-corrected chi connectivity index (χ3v) is 4.05. The third kappa shape index (κ3) is 4.30. The summed E-state index contributed by atoms with van der Waals surface area (Å²) in [7, 11) is 3.17. The normalized spacial score (nSPS) is 12.9. The zero-order valence-corrected chi connectivity index (χ0v) is 13.2. The summed E-state index contributed by atoms with van der Waals surface area (Å²) in [6, 6.07) is 3.08. The van der Waals surface area contributed by atoms with E-state index in [-0.39, 0.29) is 11.6 Å². The number of amides is 1. The van der Waals surface area contributed by atoms with Gasteiger partial charge in [-0.2, -0.15) is 24.9 Å². The first-order valence-electron chi connectivity index (χ1n) is 6.37. The molecule has 0 heterocycles. The molecule has 21 heavy (non-hydrogen) atoms. The van der Waals surface area contributed by atoms with Crippen LogP contribution < -0.4 is 5.32 Å². The summed E-state index contributed by atoms with van der Waals surface area (Å²) in [6.45, 7) is 1.86. The lowest BCUT2D eigenvalue weighted by Crippen LogP contribution is -2.37. The van der Waals surface area contributed by atoms with Crippen LogP contribution in [0, 0.1) is 0 Å². The van der Waals surface area contributed by atoms with Crippen molar-refractivity contribution in [2.24, 2.45) is 0 Å². The molecule has 0 aliphatic heterocycles. The van der Waals surface area contributed by atoms with Crippen LogP contribution in [0.1, 0.15) is 22.8 Å². The molecule has 1 aromatic carbocycles. The van der Waals surface area contributed by atoms with Gasteiger partial charge in [-0.15, -0.1) is 0 Å². The van der Waals surface area contributed by atoms with E-state index in [4.69, 9.17) is 0 Å². The summed E-state index contributed by atoms with van der Waals surface area (Å²) >= 11 is 1.58. The molecule has 0 fully saturated rings. The minimum absolute atomic E-state index is 0.0304. The Labute approximate surface area is 126 Å². The van der Waals surface area contributed by atoms with E-state index in [0.717, 1.165) is 17.9 Å². The Morgan fingerprint density at radius 1 is 1.43 bits per heavy atom. The van der Waals surface area contributed by atoms with Gasteiger partial charge in [-0.1, -0.05) is 0 Å². The lowest BCUT2D eigenvalue weighted by Gasteiger charge is -2.25. The average Bonchev–Trinajstić information content (AvgIpc) is 2.44. The fourth-order valence-corrected chi connectivity index (χ4v) is 2.56. The highest BCUT2D eigenvalue weighted by Crippen LogP contribution is 2.32. The zero-order chi connectivity index (χ0) is 16.2. The van der Waals surface area contributed by atoms with Crippen LogP contribution in [0.5, 0.6) is 0 Å². The zero-order valence-electron chi connectivity index (χ0n) is 12.4. The molecule has 0 aliphatic carbocycles. The second-order valence-corrected chi connectivity index (χ2v) is 5.64. The number of nitrogens with zero attached hydrogens (tertiary/aromatic N) is 1. The van der Waals surface area contributed by atoms with Crippen LogP contribution in [0.4, 0.5) is 18.9 Å². The van der Waals surface area contributed by atoms with Crippen molar-refractivity contribution >= 4 is 23.4 Å². The standard InChI is InChI=1S/C14H19F3N2OS/c1-9(8-21-4)19(3)13(20)11-7-10(14(15,16)17)5-6-12(11)18-2/h5-7,9,18H,8H2,1-4H3. The maximum atomic E-state index is 12.8. The summed E-state index contributed by atoms with van der Waals surface area (Å²) in [4.78, 5) is 13.9. The predicted octanol–water partition coefficient (Wildman–Crippen LogP) is 3.57. The van der Waals surface area contributed by atoms with Gasteiger partial charge in [0, 0.05) is 31.6 Å². The number of hydrogen-bond acceptors (Lipinski definition) is 3. The molecule has 1 N–H and O–H groups in total. The van der Waals surface area contributed by atoms with Crippen LogP contribution >= 0.6 is 11.8 Å². The van der Waals surface area contributed by atoms with E-state index in [2.05, 4.69) is 5.32 Å². The molecule has 1 rings (SSSR count). The third-order valence-electron chi connectivity index (χ3n) is 3.24. The van der Waals surface area contributed by atoms with Crippen molar-refractivity contribution < 1.29 is 18.0 Å². The highest BCUT2D eigenvalue weighted by atomic mass is 32.2. The van der Waals surface area contributed by atoms with Gasteiger partial charge in [0.05, 0.1) is 11.1 Å². The van der Waals surface area contributed by atoms with Crippen molar-refractivity contribution in [2.45, 2.75) is 19.1 Å². The number of carbonyl (C=O) groups excluding carboxylic acids is 1. The van der Waals surface area contributed by atoms with Crippen molar-refractivity contribution in [3.05, 3.63) is 29.3 Å². The molecule has 1 amide bonds. The molecule has 0 spiro atoms. The molecule has 118 valence electrons. The van der Waals surface area contributed by atoms with E-state index >= 15 is 0 Å². The number of anilines is 1. The fraction of sp³-hybridized carbons (Fsp3) is 0.500. The molecular weight excluding hydrogens is 301 g/mol. The number of halogens is 3. The minimum Gasteiger partial charge on any atom is -0.387 e. The minimum atomic E-state index is -4.47. The van der Waals surface area contributed by atoms with Gasteiger partial charge >= 0.3 is 6.18 Å². The number of rotatable bonds is 5. The van der Waals surface area contributed by atoms with Gasteiger partial charge in [-0.05, 0) is 31.4 Å². The quantitative estimate of drug-likeness (QED) is 0.900. The highest BCUT2D eigenvalue weighted by Gasteiger charge is 2.32. The van der Waals surface area contributed by atoms with Crippen LogP contribution in [0.15, 0.2) is 18.2 Å². The number of hydrogen-bond donors (Lipinski definition) is 1. The Morgan fingerprint density at radius 2 is 2.05 bits per heavy atom. The Kier molecular flexibility index (Phi) is 5.95. The molecular formula is C14H19F3N2OS. The van der Waals surface area contributed by atoms with Crippen molar-refractivity contribution in [3.8, 4) is 0 Å². The average molecular weight is 320 g/mol. The topological polar surface area (TPSA) is 32.3 Å². The van der Waals surface area contributed by atoms with E-state index in [1.54, 1.807) is 25.9 Å². The molecule has 7 heteroatoms. The van der Waals surface area contributed by atoms with Crippen LogP contribution in [0.2, 0.25) is 0 Å². The molecule has 0 radical (unpaired) electrons.